The standard InChI is InChI=1S/C22H28N4OS/c27-22(20-17-28-21(24-20)19-8-10-23-11-9-19)26-15-13-25(14-16-26)12-4-7-18-5-2-1-3-6-18/h1-3,5-6,8-11,20-21,24H,4,7,12-17H2/t20-,21?/m0/s1. The van der Waals surface area contributed by atoms with E-state index in [2.05, 4.69) is 45.5 Å². The quantitative estimate of drug-likeness (QED) is 0.813. The number of nitrogens with zero attached hydrogens (tertiary/aromatic N) is 3. The van der Waals surface area contributed by atoms with Crippen LogP contribution in [0.25, 0.3) is 0 Å². The van der Waals surface area contributed by atoms with Crippen LogP contribution in [-0.2, 0) is 11.2 Å². The maximum absolute atomic E-state index is 12.9. The van der Waals surface area contributed by atoms with Crippen LogP contribution < -0.4 is 5.32 Å². The van der Waals surface area contributed by atoms with Gasteiger partial charge in [-0.2, -0.15) is 0 Å². The van der Waals surface area contributed by atoms with Gasteiger partial charge < -0.3 is 4.90 Å². The van der Waals surface area contributed by atoms with Gasteiger partial charge in [-0.1, -0.05) is 30.3 Å². The number of carbonyl (C=O) groups is 1. The summed E-state index contributed by atoms with van der Waals surface area (Å²) in [5.74, 6) is 1.09. The van der Waals surface area contributed by atoms with Gasteiger partial charge in [0.1, 0.15) is 0 Å². The highest BCUT2D eigenvalue weighted by atomic mass is 32.2. The number of thioether (sulfide) groups is 1. The van der Waals surface area contributed by atoms with Crippen LogP contribution in [0.4, 0.5) is 0 Å². The SMILES string of the molecule is O=C([C@@H]1CSC(c2ccncc2)N1)N1CCN(CCCc2ccccc2)CC1. The molecule has 0 bridgehead atoms. The summed E-state index contributed by atoms with van der Waals surface area (Å²) >= 11 is 1.81. The number of rotatable bonds is 6. The number of hydrogen-bond acceptors (Lipinski definition) is 5. The van der Waals surface area contributed by atoms with Gasteiger partial charge in [0, 0.05) is 44.3 Å². The van der Waals surface area contributed by atoms with Crippen molar-refractivity contribution in [3.05, 3.63) is 66.0 Å². The number of carbonyl (C=O) groups excluding carboxylic acids is 1. The fraction of sp³-hybridized carbons (Fsp3) is 0.455. The Bertz CT molecular complexity index is 750. The van der Waals surface area contributed by atoms with Crippen LogP contribution in [0.5, 0.6) is 0 Å². The molecule has 2 aromatic rings. The number of amides is 1. The Balaban J connectivity index is 1.19. The summed E-state index contributed by atoms with van der Waals surface area (Å²) in [7, 11) is 0. The summed E-state index contributed by atoms with van der Waals surface area (Å²) in [6, 6.07) is 14.6. The highest BCUT2D eigenvalue weighted by Gasteiger charge is 2.34. The van der Waals surface area contributed by atoms with E-state index in [0.717, 1.165) is 44.9 Å². The maximum Gasteiger partial charge on any atom is 0.240 e. The predicted molar refractivity (Wildman–Crippen MR) is 114 cm³/mol. The topological polar surface area (TPSA) is 48.5 Å². The van der Waals surface area contributed by atoms with Gasteiger partial charge in [0.2, 0.25) is 5.91 Å². The highest BCUT2D eigenvalue weighted by Crippen LogP contribution is 2.32. The number of pyridine rings is 1. The molecular weight excluding hydrogens is 368 g/mol. The molecule has 1 aromatic heterocycles. The number of piperazine rings is 1. The molecule has 1 unspecified atom stereocenters. The van der Waals surface area contributed by atoms with Crippen molar-refractivity contribution in [1.82, 2.24) is 20.1 Å². The molecule has 6 heteroatoms. The van der Waals surface area contributed by atoms with Gasteiger partial charge in [0.05, 0.1) is 11.4 Å². The molecule has 0 spiro atoms. The van der Waals surface area contributed by atoms with Crippen molar-refractivity contribution in [3.8, 4) is 0 Å². The minimum absolute atomic E-state index is 0.0761. The van der Waals surface area contributed by atoms with Crippen LogP contribution in [0.15, 0.2) is 54.9 Å². The summed E-state index contributed by atoms with van der Waals surface area (Å²) in [4.78, 5) is 21.5. The van der Waals surface area contributed by atoms with Crippen molar-refractivity contribution >= 4 is 17.7 Å². The minimum atomic E-state index is -0.0761. The van der Waals surface area contributed by atoms with Crippen LogP contribution in [-0.4, -0.2) is 65.2 Å². The molecule has 0 radical (unpaired) electrons. The Kier molecular flexibility index (Phi) is 6.62. The molecule has 5 nitrogen and oxygen atoms in total. The molecule has 0 saturated carbocycles. The average molecular weight is 397 g/mol. The molecule has 3 heterocycles. The molecule has 1 N–H and O–H groups in total. The summed E-state index contributed by atoms with van der Waals surface area (Å²) in [6.07, 6.45) is 5.92. The largest absolute Gasteiger partial charge is 0.339 e. The van der Waals surface area contributed by atoms with E-state index in [1.807, 2.05) is 41.2 Å². The van der Waals surface area contributed by atoms with Gasteiger partial charge in [0.25, 0.3) is 0 Å². The van der Waals surface area contributed by atoms with Crippen LogP contribution in [0.1, 0.15) is 22.9 Å². The molecule has 2 saturated heterocycles. The Morgan fingerprint density at radius 2 is 1.82 bits per heavy atom. The average Bonchev–Trinajstić information content (AvgIpc) is 3.25. The molecule has 4 rings (SSSR count). The summed E-state index contributed by atoms with van der Waals surface area (Å²) < 4.78 is 0. The van der Waals surface area contributed by atoms with Crippen LogP contribution >= 0.6 is 11.8 Å². The highest BCUT2D eigenvalue weighted by molar-refractivity contribution is 7.99. The number of hydrogen-bond donors (Lipinski definition) is 1. The molecule has 0 aliphatic carbocycles. The fourth-order valence-corrected chi connectivity index (χ4v) is 5.14. The van der Waals surface area contributed by atoms with E-state index < -0.39 is 0 Å². The lowest BCUT2D eigenvalue weighted by atomic mass is 10.1. The second-order valence-corrected chi connectivity index (χ2v) is 8.61. The fourth-order valence-electron chi connectivity index (χ4n) is 3.91. The van der Waals surface area contributed by atoms with E-state index >= 15 is 0 Å². The number of nitrogens with one attached hydrogen (secondary N) is 1. The van der Waals surface area contributed by atoms with E-state index in [9.17, 15) is 4.79 Å². The van der Waals surface area contributed by atoms with Crippen LogP contribution in [0.3, 0.4) is 0 Å². The molecule has 2 atom stereocenters. The normalized spacial score (nSPS) is 23.1. The first kappa shape index (κ1) is 19.4. The Hall–Kier alpha value is -1.89. The molecule has 148 valence electrons. The van der Waals surface area contributed by atoms with Crippen molar-refractivity contribution in [2.24, 2.45) is 0 Å². The van der Waals surface area contributed by atoms with Crippen molar-refractivity contribution < 1.29 is 4.79 Å². The van der Waals surface area contributed by atoms with E-state index in [1.54, 1.807) is 0 Å². The zero-order valence-electron chi connectivity index (χ0n) is 16.2. The van der Waals surface area contributed by atoms with Gasteiger partial charge in [0.15, 0.2) is 0 Å². The molecule has 1 amide bonds. The first-order chi connectivity index (χ1) is 13.8. The lowest BCUT2D eigenvalue weighted by Crippen LogP contribution is -2.53. The van der Waals surface area contributed by atoms with Crippen molar-refractivity contribution in [2.75, 3.05) is 38.5 Å². The first-order valence-electron chi connectivity index (χ1n) is 10.1. The zero-order chi connectivity index (χ0) is 19.2. The molecular formula is C22H28N4OS. The van der Waals surface area contributed by atoms with Gasteiger partial charge >= 0.3 is 0 Å². The second kappa shape index (κ2) is 9.54. The molecule has 2 fully saturated rings. The smallest absolute Gasteiger partial charge is 0.240 e. The van der Waals surface area contributed by atoms with Gasteiger partial charge in [-0.25, -0.2) is 0 Å². The van der Waals surface area contributed by atoms with Crippen molar-refractivity contribution in [3.63, 3.8) is 0 Å². The minimum Gasteiger partial charge on any atom is -0.339 e. The van der Waals surface area contributed by atoms with E-state index in [4.69, 9.17) is 0 Å². The first-order valence-corrected chi connectivity index (χ1v) is 11.2. The monoisotopic (exact) mass is 396 g/mol. The second-order valence-electron chi connectivity index (χ2n) is 7.47. The lowest BCUT2D eigenvalue weighted by molar-refractivity contribution is -0.134. The lowest BCUT2D eigenvalue weighted by Gasteiger charge is -2.36. The molecule has 28 heavy (non-hydrogen) atoms. The summed E-state index contributed by atoms with van der Waals surface area (Å²) in [5, 5.41) is 3.69. The third kappa shape index (κ3) is 4.93. The van der Waals surface area contributed by atoms with Gasteiger partial charge in [-0.05, 0) is 42.6 Å². The van der Waals surface area contributed by atoms with E-state index in [0.29, 0.717) is 0 Å². The Morgan fingerprint density at radius 1 is 1.07 bits per heavy atom. The third-order valence-electron chi connectivity index (χ3n) is 5.56. The van der Waals surface area contributed by atoms with Crippen LogP contribution in [0.2, 0.25) is 0 Å². The van der Waals surface area contributed by atoms with Gasteiger partial charge in [-0.15, -0.1) is 11.8 Å². The number of aryl methyl sites for hydroxylation is 1. The maximum atomic E-state index is 12.9. The number of aromatic nitrogens is 1. The van der Waals surface area contributed by atoms with E-state index in [-0.39, 0.29) is 17.3 Å². The Labute approximate surface area is 171 Å². The van der Waals surface area contributed by atoms with Crippen molar-refractivity contribution in [2.45, 2.75) is 24.3 Å². The third-order valence-corrected chi connectivity index (χ3v) is 6.82. The predicted octanol–water partition coefficient (Wildman–Crippen LogP) is 2.56. The summed E-state index contributed by atoms with van der Waals surface area (Å²) in [5.41, 5.74) is 2.60. The van der Waals surface area contributed by atoms with Crippen LogP contribution in [0, 0.1) is 0 Å². The summed E-state index contributed by atoms with van der Waals surface area (Å²) in [6.45, 7) is 4.75. The van der Waals surface area contributed by atoms with E-state index in [1.165, 1.54) is 17.5 Å². The number of benzene rings is 1. The molecule has 2 aliphatic rings. The van der Waals surface area contributed by atoms with Crippen molar-refractivity contribution in [1.29, 1.82) is 0 Å². The zero-order valence-corrected chi connectivity index (χ0v) is 17.0. The Morgan fingerprint density at radius 3 is 2.57 bits per heavy atom. The van der Waals surface area contributed by atoms with Gasteiger partial charge in [-0.3, -0.25) is 20.0 Å². The molecule has 2 aliphatic heterocycles. The molecule has 1 aromatic carbocycles.